The lowest BCUT2D eigenvalue weighted by molar-refractivity contribution is 1.26. The number of anilines is 1. The predicted molar refractivity (Wildman–Crippen MR) is 56.4 cm³/mol. The van der Waals surface area contributed by atoms with Crippen LogP contribution >= 0.6 is 22.6 Å². The number of hydrazine groups is 1. The van der Waals surface area contributed by atoms with Gasteiger partial charge in [0.15, 0.2) is 0 Å². The maximum Gasteiger partial charge on any atom is 0.0544 e. The highest BCUT2D eigenvalue weighted by atomic mass is 127. The van der Waals surface area contributed by atoms with Gasteiger partial charge < -0.3 is 5.43 Å². The van der Waals surface area contributed by atoms with Gasteiger partial charge in [-0.1, -0.05) is 0 Å². The molecule has 0 fully saturated rings. The molecular formula is C8H11IN2. The molecule has 0 atom stereocenters. The lowest BCUT2D eigenvalue weighted by Gasteiger charge is -2.08. The van der Waals surface area contributed by atoms with Gasteiger partial charge in [-0.2, -0.15) is 0 Å². The molecule has 0 heterocycles. The number of nitrogens with one attached hydrogen (secondary N) is 1. The monoisotopic (exact) mass is 262 g/mol. The summed E-state index contributed by atoms with van der Waals surface area (Å²) in [5, 5.41) is 0. The van der Waals surface area contributed by atoms with Gasteiger partial charge in [0.1, 0.15) is 0 Å². The number of hydrogen-bond acceptors (Lipinski definition) is 2. The number of aryl methyl sites for hydroxylation is 2. The Kier molecular flexibility index (Phi) is 2.72. The third-order valence-corrected chi connectivity index (χ3v) is 2.26. The van der Waals surface area contributed by atoms with Crippen molar-refractivity contribution in [3.63, 3.8) is 0 Å². The second-order valence-electron chi connectivity index (χ2n) is 2.56. The summed E-state index contributed by atoms with van der Waals surface area (Å²) < 4.78 is 1.25. The van der Waals surface area contributed by atoms with Crippen molar-refractivity contribution in [3.8, 4) is 0 Å². The first kappa shape index (κ1) is 8.80. The highest BCUT2D eigenvalue weighted by Gasteiger charge is 2.00. The van der Waals surface area contributed by atoms with Crippen LogP contribution in [0, 0.1) is 17.4 Å². The molecule has 1 aromatic carbocycles. The molecule has 0 unspecified atom stereocenters. The summed E-state index contributed by atoms with van der Waals surface area (Å²) >= 11 is 2.30. The van der Waals surface area contributed by atoms with Crippen LogP contribution in [0.4, 0.5) is 5.69 Å². The molecule has 60 valence electrons. The van der Waals surface area contributed by atoms with Gasteiger partial charge in [-0.15, -0.1) is 0 Å². The van der Waals surface area contributed by atoms with Gasteiger partial charge in [0, 0.05) is 3.57 Å². The standard InChI is InChI=1S/C8H11IN2/c1-5-3-7(9)4-6(2)8(5)11-10/h3-4,11H,10H2,1-2H3. The predicted octanol–water partition coefficient (Wildman–Crippen LogP) is 2.19. The van der Waals surface area contributed by atoms with E-state index in [0.717, 1.165) is 5.69 Å². The van der Waals surface area contributed by atoms with Crippen molar-refractivity contribution in [3.05, 3.63) is 26.8 Å². The topological polar surface area (TPSA) is 38.0 Å². The Morgan fingerprint density at radius 1 is 1.27 bits per heavy atom. The Balaban J connectivity index is 3.25. The SMILES string of the molecule is Cc1cc(I)cc(C)c1NN. The third-order valence-electron chi connectivity index (χ3n) is 1.64. The molecule has 0 spiro atoms. The maximum atomic E-state index is 5.35. The van der Waals surface area contributed by atoms with E-state index in [1.54, 1.807) is 0 Å². The lowest BCUT2D eigenvalue weighted by atomic mass is 10.1. The molecule has 0 bridgehead atoms. The summed E-state index contributed by atoms with van der Waals surface area (Å²) in [6.07, 6.45) is 0. The van der Waals surface area contributed by atoms with Crippen LogP contribution in [-0.2, 0) is 0 Å². The minimum atomic E-state index is 1.03. The average Bonchev–Trinajstić information content (AvgIpc) is 1.85. The molecule has 0 amide bonds. The zero-order valence-electron chi connectivity index (χ0n) is 6.61. The fraction of sp³-hybridized carbons (Fsp3) is 0.250. The molecule has 1 aromatic rings. The lowest BCUT2D eigenvalue weighted by Crippen LogP contribution is -2.09. The van der Waals surface area contributed by atoms with Crippen molar-refractivity contribution in [2.75, 3.05) is 5.43 Å². The molecule has 11 heavy (non-hydrogen) atoms. The Hall–Kier alpha value is -0.290. The van der Waals surface area contributed by atoms with E-state index >= 15 is 0 Å². The summed E-state index contributed by atoms with van der Waals surface area (Å²) in [6, 6.07) is 4.20. The Labute approximate surface area is 80.3 Å². The van der Waals surface area contributed by atoms with Gasteiger partial charge in [0.05, 0.1) is 5.69 Å². The Bertz CT molecular complexity index is 248. The molecule has 3 heteroatoms. The van der Waals surface area contributed by atoms with Crippen molar-refractivity contribution >= 4 is 28.3 Å². The van der Waals surface area contributed by atoms with E-state index in [1.807, 2.05) is 13.8 Å². The number of hydrogen-bond donors (Lipinski definition) is 2. The first-order valence-electron chi connectivity index (χ1n) is 3.38. The molecule has 0 saturated heterocycles. The molecule has 0 aliphatic heterocycles. The largest absolute Gasteiger partial charge is 0.324 e. The van der Waals surface area contributed by atoms with E-state index in [2.05, 4.69) is 40.1 Å². The summed E-state index contributed by atoms with van der Waals surface area (Å²) in [7, 11) is 0. The number of halogens is 1. The van der Waals surface area contributed by atoms with E-state index in [9.17, 15) is 0 Å². The Morgan fingerprint density at radius 2 is 1.73 bits per heavy atom. The van der Waals surface area contributed by atoms with Crippen molar-refractivity contribution in [2.24, 2.45) is 5.84 Å². The Morgan fingerprint density at radius 3 is 2.09 bits per heavy atom. The first-order valence-corrected chi connectivity index (χ1v) is 4.46. The van der Waals surface area contributed by atoms with E-state index in [1.165, 1.54) is 14.7 Å². The zero-order valence-corrected chi connectivity index (χ0v) is 8.77. The second-order valence-corrected chi connectivity index (χ2v) is 3.80. The van der Waals surface area contributed by atoms with E-state index in [0.29, 0.717) is 0 Å². The summed E-state index contributed by atoms with van der Waals surface area (Å²) in [5.74, 6) is 5.35. The van der Waals surface area contributed by atoms with E-state index in [-0.39, 0.29) is 0 Å². The number of nitrogens with two attached hydrogens (primary N) is 1. The fourth-order valence-electron chi connectivity index (χ4n) is 1.14. The van der Waals surface area contributed by atoms with Crippen LogP contribution in [0.3, 0.4) is 0 Å². The number of benzene rings is 1. The molecule has 3 N–H and O–H groups in total. The van der Waals surface area contributed by atoms with Crippen molar-refractivity contribution < 1.29 is 0 Å². The minimum Gasteiger partial charge on any atom is -0.324 e. The van der Waals surface area contributed by atoms with Crippen LogP contribution in [0.1, 0.15) is 11.1 Å². The molecule has 0 radical (unpaired) electrons. The minimum absolute atomic E-state index is 1.03. The average molecular weight is 262 g/mol. The highest BCUT2D eigenvalue weighted by molar-refractivity contribution is 14.1. The summed E-state index contributed by atoms with van der Waals surface area (Å²) in [5.41, 5.74) is 6.10. The molecular weight excluding hydrogens is 251 g/mol. The quantitative estimate of drug-likeness (QED) is 0.462. The van der Waals surface area contributed by atoms with Crippen molar-refractivity contribution in [1.29, 1.82) is 0 Å². The van der Waals surface area contributed by atoms with Gasteiger partial charge >= 0.3 is 0 Å². The summed E-state index contributed by atoms with van der Waals surface area (Å²) in [6.45, 7) is 4.09. The highest BCUT2D eigenvalue weighted by Crippen LogP contribution is 2.21. The van der Waals surface area contributed by atoms with Crippen molar-refractivity contribution in [1.82, 2.24) is 0 Å². The van der Waals surface area contributed by atoms with E-state index < -0.39 is 0 Å². The van der Waals surface area contributed by atoms with Crippen LogP contribution in [0.2, 0.25) is 0 Å². The third kappa shape index (κ3) is 1.84. The van der Waals surface area contributed by atoms with Gasteiger partial charge in [-0.25, -0.2) is 0 Å². The van der Waals surface area contributed by atoms with Gasteiger partial charge in [-0.3, -0.25) is 5.84 Å². The van der Waals surface area contributed by atoms with Crippen LogP contribution in [-0.4, -0.2) is 0 Å². The first-order chi connectivity index (χ1) is 5.15. The van der Waals surface area contributed by atoms with E-state index in [4.69, 9.17) is 5.84 Å². The smallest absolute Gasteiger partial charge is 0.0544 e. The van der Waals surface area contributed by atoms with Crippen LogP contribution in [0.15, 0.2) is 12.1 Å². The maximum absolute atomic E-state index is 5.35. The summed E-state index contributed by atoms with van der Waals surface area (Å²) in [4.78, 5) is 0. The zero-order chi connectivity index (χ0) is 8.43. The van der Waals surface area contributed by atoms with Crippen LogP contribution in [0.25, 0.3) is 0 Å². The molecule has 0 aliphatic rings. The molecule has 0 saturated carbocycles. The number of rotatable bonds is 1. The fourth-order valence-corrected chi connectivity index (χ4v) is 2.07. The van der Waals surface area contributed by atoms with Gasteiger partial charge in [0.25, 0.3) is 0 Å². The van der Waals surface area contributed by atoms with Crippen LogP contribution in [0.5, 0.6) is 0 Å². The second kappa shape index (κ2) is 3.40. The van der Waals surface area contributed by atoms with Gasteiger partial charge in [-0.05, 0) is 59.7 Å². The molecule has 0 aromatic heterocycles. The normalized spacial score (nSPS) is 9.82. The van der Waals surface area contributed by atoms with Crippen LogP contribution < -0.4 is 11.3 Å². The molecule has 1 rings (SSSR count). The molecule has 0 aliphatic carbocycles. The molecule has 2 nitrogen and oxygen atoms in total. The van der Waals surface area contributed by atoms with Gasteiger partial charge in [0.2, 0.25) is 0 Å². The van der Waals surface area contributed by atoms with Crippen molar-refractivity contribution in [2.45, 2.75) is 13.8 Å². The number of nitrogen functional groups attached to an aromatic ring is 1.